The van der Waals surface area contributed by atoms with Gasteiger partial charge in [0.15, 0.2) is 0 Å². The van der Waals surface area contributed by atoms with Gasteiger partial charge in [-0.2, -0.15) is 0 Å². The van der Waals surface area contributed by atoms with E-state index in [2.05, 4.69) is 12.1 Å². The van der Waals surface area contributed by atoms with Gasteiger partial charge in [0.1, 0.15) is 12.0 Å². The Morgan fingerprint density at radius 1 is 1.43 bits per heavy atom. The van der Waals surface area contributed by atoms with Gasteiger partial charge in [0.2, 0.25) is 0 Å². The van der Waals surface area contributed by atoms with E-state index >= 15 is 0 Å². The van der Waals surface area contributed by atoms with E-state index in [4.69, 9.17) is 4.74 Å². The molecule has 1 aromatic carbocycles. The number of hydrogen-bond acceptors (Lipinski definition) is 2. The van der Waals surface area contributed by atoms with E-state index in [1.165, 1.54) is 11.1 Å². The highest BCUT2D eigenvalue weighted by molar-refractivity contribution is 5.56. The molecule has 1 aromatic rings. The zero-order valence-electron chi connectivity index (χ0n) is 8.32. The lowest BCUT2D eigenvalue weighted by Crippen LogP contribution is -2.15. The molecule has 0 aliphatic heterocycles. The van der Waals surface area contributed by atoms with Crippen LogP contribution in [0.5, 0.6) is 5.75 Å². The largest absolute Gasteiger partial charge is 0.497 e. The molecule has 2 heteroatoms. The van der Waals surface area contributed by atoms with Crippen molar-refractivity contribution < 1.29 is 9.53 Å². The number of rotatable bonds is 2. The topological polar surface area (TPSA) is 26.3 Å². The Bertz CT molecular complexity index is 344. The van der Waals surface area contributed by atoms with E-state index in [9.17, 15) is 4.79 Å². The fourth-order valence-electron chi connectivity index (χ4n) is 2.00. The zero-order valence-corrected chi connectivity index (χ0v) is 8.32. The molecular weight excluding hydrogens is 176 g/mol. The highest BCUT2D eigenvalue weighted by Gasteiger charge is 2.17. The summed E-state index contributed by atoms with van der Waals surface area (Å²) in [5.74, 6) is 1.13. The summed E-state index contributed by atoms with van der Waals surface area (Å²) in [7, 11) is 1.68. The average Bonchev–Trinajstić information content (AvgIpc) is 2.27. The first-order valence-electron chi connectivity index (χ1n) is 4.94. The predicted molar refractivity (Wildman–Crippen MR) is 54.6 cm³/mol. The second-order valence-corrected chi connectivity index (χ2v) is 3.77. The van der Waals surface area contributed by atoms with Gasteiger partial charge in [-0.1, -0.05) is 6.07 Å². The molecular formula is C12H14O2. The average molecular weight is 190 g/mol. The van der Waals surface area contributed by atoms with Crippen molar-refractivity contribution in [3.05, 3.63) is 29.3 Å². The van der Waals surface area contributed by atoms with Crippen molar-refractivity contribution in [2.24, 2.45) is 5.92 Å². The Labute approximate surface area is 83.9 Å². The summed E-state index contributed by atoms with van der Waals surface area (Å²) in [4.78, 5) is 10.7. The summed E-state index contributed by atoms with van der Waals surface area (Å²) in [6.45, 7) is 0. The van der Waals surface area contributed by atoms with Crippen molar-refractivity contribution in [3.63, 3.8) is 0 Å². The summed E-state index contributed by atoms with van der Waals surface area (Å²) in [5, 5.41) is 0. The molecule has 1 atom stereocenters. The Morgan fingerprint density at radius 2 is 2.29 bits per heavy atom. The molecule has 2 rings (SSSR count). The summed E-state index contributed by atoms with van der Waals surface area (Å²) in [5.41, 5.74) is 2.64. The molecule has 0 aromatic heterocycles. The van der Waals surface area contributed by atoms with Crippen LogP contribution < -0.4 is 4.74 Å². The molecule has 0 radical (unpaired) electrons. The van der Waals surface area contributed by atoms with Gasteiger partial charge < -0.3 is 9.53 Å². The van der Waals surface area contributed by atoms with Crippen LogP contribution >= 0.6 is 0 Å². The summed E-state index contributed by atoms with van der Waals surface area (Å²) in [6, 6.07) is 6.12. The first-order valence-corrected chi connectivity index (χ1v) is 4.94. The molecule has 14 heavy (non-hydrogen) atoms. The Hall–Kier alpha value is -1.31. The maximum Gasteiger partial charge on any atom is 0.123 e. The van der Waals surface area contributed by atoms with E-state index in [0.29, 0.717) is 0 Å². The van der Waals surface area contributed by atoms with Crippen LogP contribution in [0, 0.1) is 5.92 Å². The molecule has 0 amide bonds. The standard InChI is InChI=1S/C12H14O2/c1-14-12-5-4-10-6-9(8-13)2-3-11(10)7-12/h4-5,7-9H,2-3,6H2,1H3/t9-/m1/s1. The van der Waals surface area contributed by atoms with Crippen LogP contribution in [0.15, 0.2) is 18.2 Å². The number of carbonyl (C=O) groups excluding carboxylic acids is 1. The van der Waals surface area contributed by atoms with Crippen LogP contribution in [0.25, 0.3) is 0 Å². The van der Waals surface area contributed by atoms with E-state index in [0.717, 1.165) is 31.3 Å². The lowest BCUT2D eigenvalue weighted by Gasteiger charge is -2.20. The third kappa shape index (κ3) is 1.65. The van der Waals surface area contributed by atoms with Crippen LogP contribution in [-0.4, -0.2) is 13.4 Å². The molecule has 74 valence electrons. The summed E-state index contributed by atoms with van der Waals surface area (Å²) < 4.78 is 5.16. The van der Waals surface area contributed by atoms with E-state index < -0.39 is 0 Å². The van der Waals surface area contributed by atoms with Crippen LogP contribution in [0.2, 0.25) is 0 Å². The minimum Gasteiger partial charge on any atom is -0.497 e. The minimum absolute atomic E-state index is 0.218. The number of benzene rings is 1. The summed E-state index contributed by atoms with van der Waals surface area (Å²) in [6.07, 6.45) is 3.94. The van der Waals surface area contributed by atoms with Gasteiger partial charge in [0, 0.05) is 5.92 Å². The van der Waals surface area contributed by atoms with Crippen LogP contribution in [0.1, 0.15) is 17.5 Å². The van der Waals surface area contributed by atoms with Gasteiger partial charge in [-0.3, -0.25) is 0 Å². The van der Waals surface area contributed by atoms with Crippen molar-refractivity contribution in [2.45, 2.75) is 19.3 Å². The fraction of sp³-hybridized carbons (Fsp3) is 0.417. The van der Waals surface area contributed by atoms with Gasteiger partial charge in [-0.25, -0.2) is 0 Å². The molecule has 0 saturated heterocycles. The molecule has 0 saturated carbocycles. The monoisotopic (exact) mass is 190 g/mol. The lowest BCUT2D eigenvalue weighted by atomic mass is 9.85. The normalized spacial score (nSPS) is 19.9. The van der Waals surface area contributed by atoms with Crippen LogP contribution in [0.3, 0.4) is 0 Å². The Morgan fingerprint density at radius 3 is 3.00 bits per heavy atom. The molecule has 2 nitrogen and oxygen atoms in total. The fourth-order valence-corrected chi connectivity index (χ4v) is 2.00. The second-order valence-electron chi connectivity index (χ2n) is 3.77. The third-order valence-electron chi connectivity index (χ3n) is 2.87. The van der Waals surface area contributed by atoms with Crippen molar-refractivity contribution in [1.29, 1.82) is 0 Å². The first-order chi connectivity index (χ1) is 6.83. The number of methoxy groups -OCH3 is 1. The number of carbonyl (C=O) groups is 1. The van der Waals surface area contributed by atoms with Gasteiger partial charge in [-0.05, 0) is 42.5 Å². The maximum absolute atomic E-state index is 10.7. The number of hydrogen-bond donors (Lipinski definition) is 0. The number of aldehydes is 1. The van der Waals surface area contributed by atoms with Crippen molar-refractivity contribution in [2.75, 3.05) is 7.11 Å². The zero-order chi connectivity index (χ0) is 9.97. The van der Waals surface area contributed by atoms with Crippen LogP contribution in [-0.2, 0) is 17.6 Å². The highest BCUT2D eigenvalue weighted by Crippen LogP contribution is 2.27. The second kappa shape index (κ2) is 3.82. The molecule has 0 unspecified atom stereocenters. The van der Waals surface area contributed by atoms with Gasteiger partial charge in [0.05, 0.1) is 7.11 Å². The molecule has 0 heterocycles. The minimum atomic E-state index is 0.218. The summed E-state index contributed by atoms with van der Waals surface area (Å²) >= 11 is 0. The molecule has 1 aliphatic rings. The third-order valence-corrected chi connectivity index (χ3v) is 2.87. The first kappa shape index (κ1) is 9.25. The molecule has 0 fully saturated rings. The molecule has 0 spiro atoms. The molecule has 0 bridgehead atoms. The van der Waals surface area contributed by atoms with Crippen LogP contribution in [0.4, 0.5) is 0 Å². The van der Waals surface area contributed by atoms with E-state index in [-0.39, 0.29) is 5.92 Å². The predicted octanol–water partition coefficient (Wildman–Crippen LogP) is 2.00. The Balaban J connectivity index is 2.27. The Kier molecular flexibility index (Phi) is 2.53. The van der Waals surface area contributed by atoms with Crippen molar-refractivity contribution in [1.82, 2.24) is 0 Å². The van der Waals surface area contributed by atoms with E-state index in [1.54, 1.807) is 7.11 Å². The number of ether oxygens (including phenoxy) is 1. The van der Waals surface area contributed by atoms with Gasteiger partial charge in [0.25, 0.3) is 0 Å². The smallest absolute Gasteiger partial charge is 0.123 e. The highest BCUT2D eigenvalue weighted by atomic mass is 16.5. The molecule has 1 aliphatic carbocycles. The number of aryl methyl sites for hydroxylation is 1. The van der Waals surface area contributed by atoms with Crippen molar-refractivity contribution >= 4 is 6.29 Å². The molecule has 0 N–H and O–H groups in total. The van der Waals surface area contributed by atoms with E-state index in [1.807, 2.05) is 6.07 Å². The van der Waals surface area contributed by atoms with Gasteiger partial charge in [-0.15, -0.1) is 0 Å². The number of fused-ring (bicyclic) bond motifs is 1. The van der Waals surface area contributed by atoms with Gasteiger partial charge >= 0.3 is 0 Å². The lowest BCUT2D eigenvalue weighted by molar-refractivity contribution is -0.111. The maximum atomic E-state index is 10.7. The SMILES string of the molecule is COc1ccc2c(c1)CC[C@@H](C=O)C2. The van der Waals surface area contributed by atoms with Crippen molar-refractivity contribution in [3.8, 4) is 5.75 Å². The quantitative estimate of drug-likeness (QED) is 0.667.